The number of nitrogens with one attached hydrogen (secondary N) is 1. The molecule has 1 atom stereocenters. The summed E-state index contributed by atoms with van der Waals surface area (Å²) in [5.41, 5.74) is 7.91. The first kappa shape index (κ1) is 28.9. The number of hydrogen-bond donors (Lipinski definition) is 3. The van der Waals surface area contributed by atoms with E-state index in [4.69, 9.17) is 27.2 Å². The maximum absolute atomic E-state index is 13.0. The third kappa shape index (κ3) is 5.74. The number of anilines is 2. The molecule has 214 valence electrons. The van der Waals surface area contributed by atoms with Crippen LogP contribution >= 0.6 is 11.6 Å². The Morgan fingerprint density at radius 2 is 2.02 bits per heavy atom. The average Bonchev–Trinajstić information content (AvgIpc) is 3.49. The molecule has 0 radical (unpaired) electrons. The van der Waals surface area contributed by atoms with Gasteiger partial charge in [-0.15, -0.1) is 5.10 Å². The van der Waals surface area contributed by atoms with Crippen LogP contribution in [0.2, 0.25) is 5.02 Å². The van der Waals surface area contributed by atoms with Gasteiger partial charge in [0.05, 0.1) is 27.7 Å². The number of nitrogens with zero attached hydrogens (tertiary/aromatic N) is 6. The summed E-state index contributed by atoms with van der Waals surface area (Å²) in [6, 6.07) is 3.45. The van der Waals surface area contributed by atoms with Crippen molar-refractivity contribution in [3.63, 3.8) is 0 Å². The molecule has 40 heavy (non-hydrogen) atoms. The number of aromatic nitrogens is 5. The fraction of sp³-hybridized carbons (Fsp3) is 0.318. The Labute approximate surface area is 229 Å². The number of carboxylic acid groups (broad SMARTS) is 1. The van der Waals surface area contributed by atoms with Crippen LogP contribution < -0.4 is 16.0 Å². The Balaban J connectivity index is 0.000000470. The predicted molar refractivity (Wildman–Crippen MR) is 138 cm³/mol. The van der Waals surface area contributed by atoms with Gasteiger partial charge in [0.1, 0.15) is 17.7 Å². The molecule has 1 amide bonds. The summed E-state index contributed by atoms with van der Waals surface area (Å²) in [4.78, 5) is 32.3. The molecule has 1 unspecified atom stereocenters. The normalized spacial score (nSPS) is 16.9. The summed E-state index contributed by atoms with van der Waals surface area (Å²) in [6.45, 7) is 2.48. The van der Waals surface area contributed by atoms with E-state index in [0.29, 0.717) is 34.8 Å². The van der Waals surface area contributed by atoms with Crippen molar-refractivity contribution in [1.82, 2.24) is 29.3 Å². The molecule has 5 rings (SSSR count). The van der Waals surface area contributed by atoms with E-state index in [1.807, 2.05) is 9.30 Å². The van der Waals surface area contributed by atoms with E-state index in [1.54, 1.807) is 44.0 Å². The molecule has 0 bridgehead atoms. The number of hydrogen-bond acceptors (Lipinski definition) is 9. The van der Waals surface area contributed by atoms with Crippen molar-refractivity contribution in [2.75, 3.05) is 29.5 Å². The van der Waals surface area contributed by atoms with Crippen LogP contribution in [-0.2, 0) is 21.2 Å². The van der Waals surface area contributed by atoms with E-state index >= 15 is 0 Å². The number of alkyl halides is 3. The van der Waals surface area contributed by atoms with Gasteiger partial charge in [0, 0.05) is 37.6 Å². The van der Waals surface area contributed by atoms with Gasteiger partial charge in [0.25, 0.3) is 5.91 Å². The lowest BCUT2D eigenvalue weighted by Crippen LogP contribution is -2.46. The highest BCUT2D eigenvalue weighted by atomic mass is 35.5. The summed E-state index contributed by atoms with van der Waals surface area (Å²) in [6.07, 6.45) is 1.40. The minimum absolute atomic E-state index is 0.0450. The van der Waals surface area contributed by atoms with E-state index < -0.39 is 33.1 Å². The third-order valence-electron chi connectivity index (χ3n) is 6.07. The van der Waals surface area contributed by atoms with Gasteiger partial charge in [-0.2, -0.15) is 13.2 Å². The van der Waals surface area contributed by atoms with E-state index in [9.17, 15) is 26.4 Å². The molecule has 0 spiro atoms. The lowest BCUT2D eigenvalue weighted by molar-refractivity contribution is -0.192. The Kier molecular flexibility index (Phi) is 7.80. The Hall–Kier alpha value is -4.12. The number of pyridine rings is 1. The van der Waals surface area contributed by atoms with Crippen molar-refractivity contribution in [2.45, 2.75) is 24.9 Å². The molecular formula is C22H22ClF3N8O5S. The molecule has 4 aromatic heterocycles. The number of amides is 1. The number of imidazole rings is 1. The van der Waals surface area contributed by atoms with Gasteiger partial charge in [-0.25, -0.2) is 27.7 Å². The third-order valence-corrected chi connectivity index (χ3v) is 8.50. The fourth-order valence-corrected chi connectivity index (χ4v) is 5.66. The molecule has 0 aromatic carbocycles. The second-order valence-corrected chi connectivity index (χ2v) is 11.7. The first-order valence-corrected chi connectivity index (χ1v) is 13.6. The molecule has 5 heterocycles. The standard InChI is InChI=1S/C20H21ClN8O3S.C2HF3O2/c1-12-10-27(5-6-33(12,31)32)20-13(7-14(21)15-9-23-11-28(15)20)8-25-19(30)16-17(22)26-29-4-2-3-24-18(16)29;3-2(4,5)1(6)7/h2-4,7,9,11-12H,5-6,8,10H2,1H3,(H2,22,26)(H,25,30);(H,6,7). The predicted octanol–water partition coefficient (Wildman–Crippen LogP) is 1.80. The number of rotatable bonds is 4. The number of nitrogen functional groups attached to an aromatic ring is 1. The number of carbonyl (C=O) groups is 2. The molecule has 4 aromatic rings. The van der Waals surface area contributed by atoms with Crippen molar-refractivity contribution in [3.8, 4) is 0 Å². The van der Waals surface area contributed by atoms with Gasteiger partial charge in [-0.1, -0.05) is 11.6 Å². The smallest absolute Gasteiger partial charge is 0.475 e. The fourth-order valence-electron chi connectivity index (χ4n) is 4.10. The van der Waals surface area contributed by atoms with Crippen LogP contribution in [-0.4, -0.2) is 79.7 Å². The summed E-state index contributed by atoms with van der Waals surface area (Å²) >= 11 is 6.48. The Morgan fingerprint density at radius 3 is 2.67 bits per heavy atom. The van der Waals surface area contributed by atoms with Crippen molar-refractivity contribution in [3.05, 3.63) is 53.2 Å². The van der Waals surface area contributed by atoms with Gasteiger partial charge >= 0.3 is 12.1 Å². The number of fused-ring (bicyclic) bond motifs is 2. The average molecular weight is 603 g/mol. The van der Waals surface area contributed by atoms with Crippen molar-refractivity contribution in [2.24, 2.45) is 0 Å². The lowest BCUT2D eigenvalue weighted by atomic mass is 10.2. The SMILES string of the molecule is CC1CN(c2c(CNC(=O)c3c(N)nn4cccnc34)cc(Cl)c3cncn23)CCS1(=O)=O.O=C(O)C(F)(F)F. The van der Waals surface area contributed by atoms with Crippen LogP contribution in [0.1, 0.15) is 22.8 Å². The highest BCUT2D eigenvalue weighted by Crippen LogP contribution is 2.31. The first-order chi connectivity index (χ1) is 18.7. The Morgan fingerprint density at radius 1 is 1.32 bits per heavy atom. The van der Waals surface area contributed by atoms with Crippen LogP contribution in [0.5, 0.6) is 0 Å². The maximum Gasteiger partial charge on any atom is 0.490 e. The number of carboxylic acids is 1. The van der Waals surface area contributed by atoms with Crippen LogP contribution in [0, 0.1) is 0 Å². The monoisotopic (exact) mass is 602 g/mol. The van der Waals surface area contributed by atoms with E-state index in [0.717, 1.165) is 5.82 Å². The minimum atomic E-state index is -5.08. The number of nitrogens with two attached hydrogens (primary N) is 1. The van der Waals surface area contributed by atoms with Gasteiger partial charge in [0.15, 0.2) is 21.3 Å². The summed E-state index contributed by atoms with van der Waals surface area (Å²) < 4.78 is 59.5. The van der Waals surface area contributed by atoms with Crippen LogP contribution in [0.25, 0.3) is 11.2 Å². The summed E-state index contributed by atoms with van der Waals surface area (Å²) in [7, 11) is -3.14. The second kappa shape index (κ2) is 10.8. The van der Waals surface area contributed by atoms with Gasteiger partial charge in [0.2, 0.25) is 0 Å². The highest BCUT2D eigenvalue weighted by molar-refractivity contribution is 7.92. The first-order valence-electron chi connectivity index (χ1n) is 11.5. The van der Waals surface area contributed by atoms with Crippen LogP contribution in [0.4, 0.5) is 24.8 Å². The van der Waals surface area contributed by atoms with E-state index in [1.165, 1.54) is 4.52 Å². The molecule has 1 saturated heterocycles. The molecule has 18 heteroatoms. The van der Waals surface area contributed by atoms with E-state index in [-0.39, 0.29) is 23.7 Å². The Bertz CT molecular complexity index is 1710. The van der Waals surface area contributed by atoms with Crippen LogP contribution in [0.15, 0.2) is 37.1 Å². The van der Waals surface area contributed by atoms with E-state index in [2.05, 4.69) is 20.4 Å². The molecule has 1 fully saturated rings. The summed E-state index contributed by atoms with van der Waals surface area (Å²) in [5, 5.41) is 14.1. The zero-order chi connectivity index (χ0) is 29.4. The molecule has 13 nitrogen and oxygen atoms in total. The summed E-state index contributed by atoms with van der Waals surface area (Å²) in [5.74, 6) is -2.33. The number of sulfone groups is 1. The van der Waals surface area contributed by atoms with Gasteiger partial charge in [-0.3, -0.25) is 9.20 Å². The second-order valence-electron chi connectivity index (χ2n) is 8.75. The molecule has 1 aliphatic rings. The molecule has 1 aliphatic heterocycles. The lowest BCUT2D eigenvalue weighted by Gasteiger charge is -2.34. The zero-order valence-corrected chi connectivity index (χ0v) is 22.2. The van der Waals surface area contributed by atoms with Crippen LogP contribution in [0.3, 0.4) is 0 Å². The van der Waals surface area contributed by atoms with Crippen molar-refractivity contribution >= 4 is 56.1 Å². The number of aliphatic carboxylic acids is 1. The van der Waals surface area contributed by atoms with Crippen molar-refractivity contribution in [1.29, 1.82) is 0 Å². The highest BCUT2D eigenvalue weighted by Gasteiger charge is 2.38. The molecule has 4 N–H and O–H groups in total. The quantitative estimate of drug-likeness (QED) is 0.312. The molecular weight excluding hydrogens is 581 g/mol. The number of halogens is 4. The molecule has 0 aliphatic carbocycles. The van der Waals surface area contributed by atoms with Gasteiger partial charge in [-0.05, 0) is 19.1 Å². The van der Waals surface area contributed by atoms with Gasteiger partial charge < -0.3 is 21.1 Å². The number of carbonyl (C=O) groups excluding carboxylic acids is 1. The zero-order valence-electron chi connectivity index (χ0n) is 20.6. The minimum Gasteiger partial charge on any atom is -0.475 e. The largest absolute Gasteiger partial charge is 0.490 e. The molecule has 0 saturated carbocycles. The maximum atomic E-state index is 13.0. The topological polar surface area (TPSA) is 177 Å². The van der Waals surface area contributed by atoms with Crippen molar-refractivity contribution < 1.29 is 36.3 Å².